The van der Waals surface area contributed by atoms with E-state index < -0.39 is 272 Å². The molecule has 3 heterocycles. The highest BCUT2D eigenvalue weighted by Crippen LogP contribution is 2.29. The Hall–Kier alpha value is -14.8. The lowest BCUT2D eigenvalue weighted by atomic mass is 9.96. The third-order valence-corrected chi connectivity index (χ3v) is 19.7. The predicted molar refractivity (Wildman–Crippen MR) is 438 cm³/mol. The Kier molecular flexibility index (Phi) is 39.3. The number of hydrogen-bond donors (Lipinski definition) is 22. The monoisotopic (exact) mass is 1780 g/mol. The van der Waals surface area contributed by atoms with Crippen LogP contribution in [0.15, 0.2) is 71.5 Å². The van der Waals surface area contributed by atoms with Gasteiger partial charge in [0.1, 0.15) is 72.6 Å². The first-order chi connectivity index (χ1) is 60.2. The van der Waals surface area contributed by atoms with Gasteiger partial charge in [0.05, 0.1) is 62.4 Å². The first-order valence-corrected chi connectivity index (χ1v) is 40.1. The van der Waals surface area contributed by atoms with Gasteiger partial charge in [-0.3, -0.25) is 101 Å². The summed E-state index contributed by atoms with van der Waals surface area (Å²) in [7, 11) is 0. The first kappa shape index (κ1) is 101. The highest BCUT2D eigenvalue weighted by Gasteiger charge is 2.41. The summed E-state index contributed by atoms with van der Waals surface area (Å²) in [5.41, 5.74) is 11.4. The summed E-state index contributed by atoms with van der Waals surface area (Å²) < 4.78 is 10.4. The van der Waals surface area contributed by atoms with Gasteiger partial charge in [-0.25, -0.2) is 9.42 Å². The Labute approximate surface area is 721 Å². The summed E-state index contributed by atoms with van der Waals surface area (Å²) in [6.07, 6.45) is -3.11. The van der Waals surface area contributed by atoms with Crippen molar-refractivity contribution in [2.24, 2.45) is 11.7 Å². The molecule has 14 amide bonds. The number of aliphatic hydroxyl groups is 1. The second-order valence-corrected chi connectivity index (χ2v) is 29.7. The number of ether oxygens (including phenoxy) is 1. The Balaban J connectivity index is 1.44. The fraction of sp³-hybridized carbons (Fsp3) is 0.487. The molecule has 1 aliphatic rings. The van der Waals surface area contributed by atoms with E-state index in [-0.39, 0.29) is 53.8 Å². The highest BCUT2D eigenvalue weighted by atomic mass is 16.6. The molecule has 1 fully saturated rings. The van der Waals surface area contributed by atoms with Gasteiger partial charge in [-0.15, -0.1) is 0 Å². The van der Waals surface area contributed by atoms with Gasteiger partial charge >= 0.3 is 35.5 Å². The highest BCUT2D eigenvalue weighted by molar-refractivity contribution is 6.05. The number of nitrogens with one attached hydrogen (secondary N) is 15. The number of aliphatic hydroxyl groups excluding tert-OH is 1. The number of carbonyl (C=O) groups is 20. The summed E-state index contributed by atoms with van der Waals surface area (Å²) in [4.78, 5) is 291. The number of primary amides is 1. The Morgan fingerprint density at radius 2 is 1.15 bits per heavy atom. The van der Waals surface area contributed by atoms with E-state index >= 15 is 4.79 Å². The number of nitro benzene ring substituents is 1. The second-order valence-electron chi connectivity index (χ2n) is 29.7. The lowest BCUT2D eigenvalue weighted by Crippen LogP contribution is -2.62. The number of benzene rings is 3. The molecule has 13 atom stereocenters. The zero-order valence-corrected chi connectivity index (χ0v) is 69.2. The number of non-ortho nitro benzene ring substituents is 1. The van der Waals surface area contributed by atoms with Crippen molar-refractivity contribution >= 4 is 157 Å². The van der Waals surface area contributed by atoms with Gasteiger partial charge in [0.15, 0.2) is 11.3 Å². The van der Waals surface area contributed by atoms with Crippen molar-refractivity contribution in [3.63, 3.8) is 0 Å². The van der Waals surface area contributed by atoms with Crippen LogP contribution >= 0.6 is 0 Å². The van der Waals surface area contributed by atoms with Crippen molar-refractivity contribution in [1.82, 2.24) is 84.4 Å². The molecule has 688 valence electrons. The maximum Gasteiger partial charge on any atom is 0.329 e. The number of carboxylic acid groups (broad SMARTS) is 4. The summed E-state index contributed by atoms with van der Waals surface area (Å²) in [6.45, 7) is 0.839. The number of nitrogens with two attached hydrogens (primary N) is 2. The summed E-state index contributed by atoms with van der Waals surface area (Å²) in [6, 6.07) is -9.06. The van der Waals surface area contributed by atoms with Crippen molar-refractivity contribution < 1.29 is 136 Å². The molecule has 0 radical (unpaired) electrons. The number of carbonyl (C=O) groups excluding carboxylic acids is 16. The molecule has 5 aromatic rings. The van der Waals surface area contributed by atoms with Gasteiger partial charge in [-0.1, -0.05) is 82.7 Å². The molecule has 24 N–H and O–H groups in total. The minimum atomic E-state index is -2.52. The molecule has 0 spiro atoms. The summed E-state index contributed by atoms with van der Waals surface area (Å²) >= 11 is 0. The van der Waals surface area contributed by atoms with E-state index in [4.69, 9.17) is 20.8 Å². The molecule has 0 bridgehead atoms. The molecule has 49 heteroatoms. The molecule has 0 unspecified atom stereocenters. The molecule has 1 saturated heterocycles. The summed E-state index contributed by atoms with van der Waals surface area (Å²) in [5, 5.41) is 101. The maximum atomic E-state index is 15.0. The third-order valence-electron chi connectivity index (χ3n) is 19.7. The fourth-order valence-electron chi connectivity index (χ4n) is 13.1. The first-order valence-electron chi connectivity index (χ1n) is 40.1. The number of unbranched alkanes of at least 4 members (excludes halogenated alkanes) is 6. The topological polar surface area (TPSA) is 770 Å². The van der Waals surface area contributed by atoms with E-state index in [1.54, 1.807) is 30.5 Å². The van der Waals surface area contributed by atoms with Crippen LogP contribution in [0.5, 0.6) is 0 Å². The van der Waals surface area contributed by atoms with E-state index in [9.17, 15) is 127 Å². The van der Waals surface area contributed by atoms with Gasteiger partial charge in [-0.2, -0.15) is 0 Å². The summed E-state index contributed by atoms with van der Waals surface area (Å²) in [5.74, 6) is -30.6. The predicted octanol–water partition coefficient (Wildman–Crippen LogP) is -4.02. The number of amides is 14. The molecule has 1 aliphatic heterocycles. The van der Waals surface area contributed by atoms with Crippen molar-refractivity contribution in [2.45, 2.75) is 209 Å². The second kappa shape index (κ2) is 49.5. The van der Waals surface area contributed by atoms with E-state index in [1.807, 2.05) is 16.0 Å². The number of para-hydroxylation sites is 2. The number of aliphatic carboxylic acids is 4. The lowest BCUT2D eigenvalue weighted by molar-refractivity contribution is -0.383. The van der Waals surface area contributed by atoms with Crippen LogP contribution in [0.1, 0.15) is 146 Å². The van der Waals surface area contributed by atoms with Gasteiger partial charge < -0.3 is 121 Å². The third kappa shape index (κ3) is 32.1. The number of fused-ring (bicyclic) bond motifs is 2. The molecule has 49 nitrogen and oxygen atoms in total. The van der Waals surface area contributed by atoms with Crippen molar-refractivity contribution in [2.75, 3.05) is 37.3 Å². The van der Waals surface area contributed by atoms with E-state index in [0.717, 1.165) is 58.9 Å². The largest absolute Gasteiger partial charge is 0.481 e. The van der Waals surface area contributed by atoms with Crippen LogP contribution < -0.4 is 85.9 Å². The number of hydrogen-bond acceptors (Lipinski definition) is 29. The van der Waals surface area contributed by atoms with Crippen molar-refractivity contribution in [3.8, 4) is 0 Å². The molecule has 6 rings (SSSR count). The number of rotatable bonds is 38. The van der Waals surface area contributed by atoms with Crippen LogP contribution in [0.3, 0.4) is 0 Å². The maximum absolute atomic E-state index is 15.0. The molecular weight excluding hydrogens is 1680 g/mol. The van der Waals surface area contributed by atoms with Crippen LogP contribution in [0.25, 0.3) is 21.9 Å². The van der Waals surface area contributed by atoms with E-state index in [1.165, 1.54) is 30.3 Å². The van der Waals surface area contributed by atoms with E-state index in [2.05, 4.69) is 80.7 Å². The number of aromatic nitrogens is 3. The number of nitrogens with zero attached hydrogens (tertiary/aromatic N) is 3. The van der Waals surface area contributed by atoms with Crippen LogP contribution in [0, 0.1) is 16.0 Å². The van der Waals surface area contributed by atoms with E-state index in [0.29, 0.717) is 29.3 Å². The zero-order valence-electron chi connectivity index (χ0n) is 69.2. The van der Waals surface area contributed by atoms with Crippen LogP contribution in [-0.4, -0.2) is 263 Å². The average Bonchev–Trinajstić information content (AvgIpc) is 1.69. The number of carboxylic acids is 4. The molecule has 3 aromatic carbocycles. The number of H-pyrrole nitrogens is 1. The smallest absolute Gasteiger partial charge is 0.329 e. The van der Waals surface area contributed by atoms with Crippen LogP contribution in [0.4, 0.5) is 17.1 Å². The van der Waals surface area contributed by atoms with Crippen molar-refractivity contribution in [1.29, 1.82) is 0 Å². The quantitative estimate of drug-likeness (QED) is 0.00447. The minimum Gasteiger partial charge on any atom is -0.481 e. The number of aromatic amines is 1. The fourth-order valence-corrected chi connectivity index (χ4v) is 13.1. The normalized spacial score (nSPS) is 20.3. The van der Waals surface area contributed by atoms with Crippen LogP contribution in [-0.2, 0) is 102 Å². The molecule has 2 aromatic heterocycles. The standard InChI is InChI=1S/C78H102N20O29/c1-5-6-7-8-9-10-11-22-57(102)87-47(27-40-33-82-44-20-15-13-17-41(40)44)72(117)90-48(29-56(80)101)73(118)92-51(32-63(111)112)74(119)95-65-39(4)126-78(123)52(28-55(100)42-18-12-14-19-43(42)79)93-77(122)64(37(2)26-60(105)106)94-75(120)53(36-99)88-59(104)34-83-69(114)49(30-61(107)108)89-68(113)38(3)85-71(116)50(31-62(109)110)91-70(115)46(86-58(103)35-84-76(65)121)21-16-25-81-45-23-24-54(98(124)125)67-66(45)96-127-97-67/h12-15,17-20,23-24,33,37-39,46-53,64-65,81-82,99H,5-11,16,21-22,25-32,34-36,79H2,1-4H3,(H2,80,101)(H,83,114)(H,84,121)(H,85,116)(H,86,103)(H,87,102)(H,88,104)(H,89,113)(H,90,117)(H,91,115)(H,92,118)(H,93,122)(H,94,120)(H,95,119)(H,105,106)(H,107,108)(H,109,110)(H,111,112)/t37-,38+,39+,46-,47-,48+,49-,50-,51-,52-,53+,64-,65-/m0/s1. The van der Waals surface area contributed by atoms with Gasteiger partial charge in [-0.05, 0) is 79.2 Å². The number of Topliss-reactive ketones (excluding diaryl/α,β-unsaturated/α-hetero) is 1. The number of cyclic esters (lactones) is 1. The Morgan fingerprint density at radius 1 is 0.583 bits per heavy atom. The van der Waals surface area contributed by atoms with Gasteiger partial charge in [0, 0.05) is 60.2 Å². The molecular formula is C78H102N20O29. The molecule has 127 heavy (non-hydrogen) atoms. The SMILES string of the molecule is CCCCCCCCCC(=O)N[C@@H](Cc1c[nH]c2ccccc12)C(=O)N[C@H](CC(N)=O)C(=O)N[C@@H](CC(=O)O)C(=O)N[C@@H]1C(=O)NCC(=O)N[C@@H](CCCNc2ccc([N+](=O)[O-])c3nonc23)C(=O)N[C@@H](CC(=O)O)C(=O)N[C@H](C)C(=O)N[C@@H](CC(=O)O)C(=O)NCC(=O)N[C@H](CO)C(=O)N[C@@H]([C@@H](C)CC(=O)O)C(=O)N[C@@H](CC(=O)c2ccccc2N)C(=O)O[C@@H]1C. The minimum absolute atomic E-state index is 0.0391. The Bertz CT molecular complexity index is 4900. The van der Waals surface area contributed by atoms with Crippen molar-refractivity contribution in [3.05, 3.63) is 88.1 Å². The Morgan fingerprint density at radius 3 is 1.78 bits per heavy atom. The zero-order chi connectivity index (χ0) is 93.9. The number of nitrogen functional groups attached to an aromatic ring is 1. The number of esters is 1. The number of anilines is 2. The number of nitro groups is 1. The molecule has 0 saturated carbocycles. The average molecular weight is 1780 g/mol. The van der Waals surface area contributed by atoms with Crippen LogP contribution in [0.2, 0.25) is 0 Å². The molecule has 0 aliphatic carbocycles. The van der Waals surface area contributed by atoms with Gasteiger partial charge in [0.2, 0.25) is 88.2 Å². The van der Waals surface area contributed by atoms with Gasteiger partial charge in [0.25, 0.3) is 0 Å². The lowest BCUT2D eigenvalue weighted by Gasteiger charge is -2.30. The number of ketones is 1.